The number of carbonyl (C=O) groups is 2. The Hall–Kier alpha value is -4.25. The Morgan fingerprint density at radius 3 is 2.19 bits per heavy atom. The second-order valence-electron chi connectivity index (χ2n) is 7.76. The van der Waals surface area contributed by atoms with Crippen LogP contribution in [0.15, 0.2) is 77.8 Å². The highest BCUT2D eigenvalue weighted by Gasteiger charge is 2.35. The maximum absolute atomic E-state index is 13.7. The lowest BCUT2D eigenvalue weighted by Gasteiger charge is -2.19. The van der Waals surface area contributed by atoms with E-state index >= 15 is 0 Å². The fourth-order valence-corrected chi connectivity index (χ4v) is 4.28. The lowest BCUT2D eigenvalue weighted by Crippen LogP contribution is -2.21. The molecule has 5 heteroatoms. The van der Waals surface area contributed by atoms with Gasteiger partial charge in [0.2, 0.25) is 0 Å². The van der Waals surface area contributed by atoms with E-state index in [4.69, 9.17) is 0 Å². The number of hydrogen-bond donors (Lipinski definition) is 2. The van der Waals surface area contributed by atoms with Crippen LogP contribution in [0.25, 0.3) is 22.4 Å². The summed E-state index contributed by atoms with van der Waals surface area (Å²) in [5, 5.41) is 10.7. The summed E-state index contributed by atoms with van der Waals surface area (Å²) in [4.78, 5) is 32.7. The number of aromatic nitrogens is 1. The molecular formula is C27H20N2O3. The number of benzene rings is 3. The standard InChI is InChI=1S/C27H20N2O3/c1-15(30)16-8-10-18(11-9-16)24-22-23(27(32)29-24)25(28-2)20-13-12-19(14-21(20)26(22)31)17-6-4-3-5-7-17/h3-14,29,32H,1-2H3. The van der Waals surface area contributed by atoms with Gasteiger partial charge in [0.25, 0.3) is 0 Å². The van der Waals surface area contributed by atoms with Crippen molar-refractivity contribution in [1.82, 2.24) is 4.98 Å². The van der Waals surface area contributed by atoms with Gasteiger partial charge < -0.3 is 10.1 Å². The normalized spacial score (nSPS) is 13.7. The van der Waals surface area contributed by atoms with E-state index in [1.54, 1.807) is 31.3 Å². The minimum absolute atomic E-state index is 0.0354. The third-order valence-corrected chi connectivity index (χ3v) is 5.87. The van der Waals surface area contributed by atoms with Gasteiger partial charge in [-0.3, -0.25) is 14.6 Å². The molecule has 1 aliphatic rings. The predicted molar refractivity (Wildman–Crippen MR) is 125 cm³/mol. The number of carbonyl (C=O) groups excluding carboxylic acids is 2. The van der Waals surface area contributed by atoms with Crippen LogP contribution in [0.1, 0.15) is 44.3 Å². The summed E-state index contributed by atoms with van der Waals surface area (Å²) in [6.45, 7) is 1.51. The molecule has 156 valence electrons. The van der Waals surface area contributed by atoms with Gasteiger partial charge in [-0.2, -0.15) is 0 Å². The van der Waals surface area contributed by atoms with Crippen molar-refractivity contribution in [3.05, 3.63) is 101 Å². The Morgan fingerprint density at radius 2 is 1.53 bits per heavy atom. The number of Topliss-reactive ketones (excluding diaryl/α,β-unsaturated/α-hetero) is 1. The van der Waals surface area contributed by atoms with Gasteiger partial charge in [0.1, 0.15) is 0 Å². The number of aliphatic imine (C=N–C) groups is 1. The van der Waals surface area contributed by atoms with Crippen molar-refractivity contribution in [2.75, 3.05) is 7.05 Å². The Bertz CT molecular complexity index is 1410. The van der Waals surface area contributed by atoms with E-state index in [-0.39, 0.29) is 17.4 Å². The zero-order chi connectivity index (χ0) is 22.4. The van der Waals surface area contributed by atoms with Gasteiger partial charge >= 0.3 is 0 Å². The molecular weight excluding hydrogens is 400 g/mol. The van der Waals surface area contributed by atoms with Crippen LogP contribution in [-0.4, -0.2) is 34.4 Å². The van der Waals surface area contributed by atoms with Crippen molar-refractivity contribution < 1.29 is 14.7 Å². The molecule has 1 aromatic heterocycles. The highest BCUT2D eigenvalue weighted by Crippen LogP contribution is 2.40. The van der Waals surface area contributed by atoms with Crippen LogP contribution in [0.2, 0.25) is 0 Å². The van der Waals surface area contributed by atoms with Crippen molar-refractivity contribution in [3.8, 4) is 28.3 Å². The molecule has 1 heterocycles. The largest absolute Gasteiger partial charge is 0.494 e. The maximum atomic E-state index is 13.7. The van der Waals surface area contributed by atoms with Gasteiger partial charge in [-0.25, -0.2) is 0 Å². The number of rotatable bonds is 3. The molecule has 2 N–H and O–H groups in total. The van der Waals surface area contributed by atoms with Crippen LogP contribution in [-0.2, 0) is 0 Å². The van der Waals surface area contributed by atoms with Gasteiger partial charge in [-0.05, 0) is 29.7 Å². The average molecular weight is 420 g/mol. The first-order valence-electron chi connectivity index (χ1n) is 10.3. The molecule has 5 nitrogen and oxygen atoms in total. The molecule has 1 aliphatic carbocycles. The first-order chi connectivity index (χ1) is 15.5. The van der Waals surface area contributed by atoms with Gasteiger partial charge in [0, 0.05) is 23.7 Å². The van der Waals surface area contributed by atoms with Crippen molar-refractivity contribution in [3.63, 3.8) is 0 Å². The molecule has 0 fully saturated rings. The van der Waals surface area contributed by atoms with Crippen molar-refractivity contribution >= 4 is 17.3 Å². The molecule has 0 unspecified atom stereocenters. The van der Waals surface area contributed by atoms with Gasteiger partial charge in [0.15, 0.2) is 17.4 Å². The molecule has 5 rings (SSSR count). The first kappa shape index (κ1) is 19.7. The number of fused-ring (bicyclic) bond motifs is 2. The minimum Gasteiger partial charge on any atom is -0.494 e. The number of H-pyrrole nitrogens is 1. The summed E-state index contributed by atoms with van der Waals surface area (Å²) in [5.74, 6) is -0.313. The van der Waals surface area contributed by atoms with Crippen molar-refractivity contribution in [2.45, 2.75) is 6.92 Å². The fourth-order valence-electron chi connectivity index (χ4n) is 4.28. The lowest BCUT2D eigenvalue weighted by atomic mass is 9.82. The Kier molecular flexibility index (Phi) is 4.59. The third kappa shape index (κ3) is 2.98. The van der Waals surface area contributed by atoms with Crippen LogP contribution in [0.3, 0.4) is 0 Å². The second-order valence-corrected chi connectivity index (χ2v) is 7.76. The number of hydrogen-bond acceptors (Lipinski definition) is 4. The number of nitrogens with zero attached hydrogens (tertiary/aromatic N) is 1. The number of nitrogens with one attached hydrogen (secondary N) is 1. The quantitative estimate of drug-likeness (QED) is 0.390. The monoisotopic (exact) mass is 420 g/mol. The molecule has 0 atom stereocenters. The molecule has 3 aromatic carbocycles. The molecule has 0 saturated carbocycles. The Morgan fingerprint density at radius 1 is 0.844 bits per heavy atom. The summed E-state index contributed by atoms with van der Waals surface area (Å²) in [7, 11) is 1.65. The number of aromatic amines is 1. The predicted octanol–water partition coefficient (Wildman–Crippen LogP) is 5.27. The van der Waals surface area contributed by atoms with E-state index in [0.29, 0.717) is 44.8 Å². The fraction of sp³-hybridized carbons (Fsp3) is 0.0741. The molecule has 0 saturated heterocycles. The number of ketones is 2. The highest BCUT2D eigenvalue weighted by atomic mass is 16.3. The smallest absolute Gasteiger partial charge is 0.199 e. The molecule has 0 amide bonds. The zero-order valence-electron chi connectivity index (χ0n) is 17.6. The van der Waals surface area contributed by atoms with E-state index in [2.05, 4.69) is 9.98 Å². The zero-order valence-corrected chi connectivity index (χ0v) is 17.6. The molecule has 4 aromatic rings. The number of aromatic hydroxyl groups is 1. The molecule has 0 spiro atoms. The summed E-state index contributed by atoms with van der Waals surface area (Å²) < 4.78 is 0. The SMILES string of the molecule is CN=C1c2ccc(-c3ccccc3)cc2C(=O)c2c(-c3ccc(C(C)=O)cc3)[nH]c(O)c21. The van der Waals surface area contributed by atoms with Crippen LogP contribution < -0.4 is 0 Å². The summed E-state index contributed by atoms with van der Waals surface area (Å²) in [6, 6.07) is 22.6. The summed E-state index contributed by atoms with van der Waals surface area (Å²) >= 11 is 0. The highest BCUT2D eigenvalue weighted by molar-refractivity contribution is 6.33. The second kappa shape index (κ2) is 7.46. The molecule has 0 radical (unpaired) electrons. The van der Waals surface area contributed by atoms with Crippen molar-refractivity contribution in [1.29, 1.82) is 0 Å². The topological polar surface area (TPSA) is 82.5 Å². The molecule has 0 aliphatic heterocycles. The van der Waals surface area contributed by atoms with Gasteiger partial charge in [0.05, 0.1) is 22.5 Å². The summed E-state index contributed by atoms with van der Waals surface area (Å²) in [5.41, 5.74) is 6.34. The van der Waals surface area contributed by atoms with Crippen LogP contribution >= 0.6 is 0 Å². The van der Waals surface area contributed by atoms with E-state index in [1.807, 2.05) is 48.5 Å². The minimum atomic E-state index is -0.178. The average Bonchev–Trinajstić information content (AvgIpc) is 3.17. The van der Waals surface area contributed by atoms with Crippen LogP contribution in [0.4, 0.5) is 0 Å². The van der Waals surface area contributed by atoms with E-state index in [9.17, 15) is 14.7 Å². The maximum Gasteiger partial charge on any atom is 0.199 e. The van der Waals surface area contributed by atoms with E-state index in [0.717, 1.165) is 11.1 Å². The molecule has 32 heavy (non-hydrogen) atoms. The van der Waals surface area contributed by atoms with Crippen LogP contribution in [0.5, 0.6) is 5.88 Å². The van der Waals surface area contributed by atoms with Gasteiger partial charge in [-0.15, -0.1) is 0 Å². The Labute approximate surface area is 185 Å². The van der Waals surface area contributed by atoms with E-state index < -0.39 is 0 Å². The van der Waals surface area contributed by atoms with Crippen molar-refractivity contribution in [2.24, 2.45) is 4.99 Å². The first-order valence-corrected chi connectivity index (χ1v) is 10.3. The summed E-state index contributed by atoms with van der Waals surface area (Å²) in [6.07, 6.45) is 0. The van der Waals surface area contributed by atoms with E-state index in [1.165, 1.54) is 6.92 Å². The Balaban J connectivity index is 1.70. The molecule has 0 bridgehead atoms. The van der Waals surface area contributed by atoms with Crippen LogP contribution in [0, 0.1) is 0 Å². The third-order valence-electron chi connectivity index (χ3n) is 5.87. The van der Waals surface area contributed by atoms with Gasteiger partial charge in [-0.1, -0.05) is 66.7 Å². The lowest BCUT2D eigenvalue weighted by molar-refractivity contribution is 0.101.